The SMILES string of the molecule is N#Cc1nc(B(O)O)ccc1NC1CCOCC1. The van der Waals surface area contributed by atoms with Crippen LogP contribution in [0.1, 0.15) is 18.5 Å². The number of hydrogen-bond acceptors (Lipinski definition) is 6. The summed E-state index contributed by atoms with van der Waals surface area (Å²) in [4.78, 5) is 3.90. The van der Waals surface area contributed by atoms with Gasteiger partial charge in [0.25, 0.3) is 0 Å². The highest BCUT2D eigenvalue weighted by atomic mass is 16.5. The lowest BCUT2D eigenvalue weighted by molar-refractivity contribution is 0.0904. The molecule has 3 N–H and O–H groups in total. The average Bonchev–Trinajstić information content (AvgIpc) is 2.40. The van der Waals surface area contributed by atoms with E-state index in [1.165, 1.54) is 6.07 Å². The predicted octanol–water partition coefficient (Wildman–Crippen LogP) is -0.776. The van der Waals surface area contributed by atoms with Crippen LogP contribution >= 0.6 is 0 Å². The maximum atomic E-state index is 9.01. The summed E-state index contributed by atoms with van der Waals surface area (Å²) in [5.74, 6) is 0. The van der Waals surface area contributed by atoms with Crippen molar-refractivity contribution in [2.24, 2.45) is 0 Å². The number of anilines is 1. The summed E-state index contributed by atoms with van der Waals surface area (Å²) < 4.78 is 5.26. The molecule has 94 valence electrons. The second-order valence-corrected chi connectivity index (χ2v) is 4.15. The van der Waals surface area contributed by atoms with Crippen LogP contribution in [0.2, 0.25) is 0 Å². The standard InChI is InChI=1S/C11H14BN3O3/c13-7-10-9(1-2-11(15-10)12(16)17)14-8-3-5-18-6-4-8/h1-2,8,14,16-17H,3-6H2. The van der Waals surface area contributed by atoms with Crippen molar-refractivity contribution in [2.45, 2.75) is 18.9 Å². The fourth-order valence-electron chi connectivity index (χ4n) is 1.88. The Hall–Kier alpha value is -1.62. The molecular weight excluding hydrogens is 233 g/mol. The number of aromatic nitrogens is 1. The molecule has 0 atom stereocenters. The minimum Gasteiger partial charge on any atom is -0.422 e. The van der Waals surface area contributed by atoms with E-state index < -0.39 is 7.12 Å². The molecule has 0 aromatic carbocycles. The summed E-state index contributed by atoms with van der Waals surface area (Å²) >= 11 is 0. The Morgan fingerprint density at radius 3 is 2.72 bits per heavy atom. The van der Waals surface area contributed by atoms with Gasteiger partial charge in [-0.15, -0.1) is 0 Å². The minimum atomic E-state index is -1.66. The van der Waals surface area contributed by atoms with Gasteiger partial charge in [0.15, 0.2) is 5.69 Å². The molecule has 7 heteroatoms. The molecule has 1 aromatic heterocycles. The lowest BCUT2D eigenvalue weighted by Gasteiger charge is -2.24. The van der Waals surface area contributed by atoms with Gasteiger partial charge in [-0.1, -0.05) is 0 Å². The van der Waals surface area contributed by atoms with Crippen LogP contribution in [-0.2, 0) is 4.74 Å². The van der Waals surface area contributed by atoms with E-state index in [2.05, 4.69) is 10.3 Å². The average molecular weight is 247 g/mol. The van der Waals surface area contributed by atoms with Crippen molar-refractivity contribution in [3.63, 3.8) is 0 Å². The van der Waals surface area contributed by atoms with Crippen molar-refractivity contribution >= 4 is 18.4 Å². The van der Waals surface area contributed by atoms with Crippen LogP contribution in [0.5, 0.6) is 0 Å². The van der Waals surface area contributed by atoms with Gasteiger partial charge in [0.05, 0.1) is 11.3 Å². The summed E-state index contributed by atoms with van der Waals surface area (Å²) in [5.41, 5.74) is 0.866. The summed E-state index contributed by atoms with van der Waals surface area (Å²) in [6.45, 7) is 1.42. The smallest absolute Gasteiger partial charge is 0.422 e. The molecule has 1 aromatic rings. The molecule has 2 rings (SSSR count). The zero-order valence-corrected chi connectivity index (χ0v) is 9.83. The molecule has 0 aliphatic carbocycles. The number of nitrogens with zero attached hydrogens (tertiary/aromatic N) is 2. The van der Waals surface area contributed by atoms with Gasteiger partial charge in [0.2, 0.25) is 0 Å². The van der Waals surface area contributed by atoms with Gasteiger partial charge in [-0.25, -0.2) is 4.98 Å². The molecule has 2 heterocycles. The van der Waals surface area contributed by atoms with Gasteiger partial charge in [-0.2, -0.15) is 5.26 Å². The van der Waals surface area contributed by atoms with E-state index in [1.807, 2.05) is 6.07 Å². The van der Waals surface area contributed by atoms with Gasteiger partial charge >= 0.3 is 7.12 Å². The number of pyridine rings is 1. The molecule has 1 aliphatic rings. The topological polar surface area (TPSA) is 98.4 Å². The van der Waals surface area contributed by atoms with Crippen molar-refractivity contribution in [3.05, 3.63) is 17.8 Å². The molecule has 0 saturated carbocycles. The molecule has 1 saturated heterocycles. The summed E-state index contributed by atoms with van der Waals surface area (Å²) in [5, 5.41) is 30.3. The van der Waals surface area contributed by atoms with Gasteiger partial charge in [0.1, 0.15) is 6.07 Å². The predicted molar refractivity (Wildman–Crippen MR) is 66.2 cm³/mol. The fourth-order valence-corrected chi connectivity index (χ4v) is 1.88. The zero-order chi connectivity index (χ0) is 13.0. The van der Waals surface area contributed by atoms with Crippen molar-refractivity contribution in [2.75, 3.05) is 18.5 Å². The van der Waals surface area contributed by atoms with E-state index in [1.54, 1.807) is 6.07 Å². The Morgan fingerprint density at radius 1 is 1.39 bits per heavy atom. The normalized spacial score (nSPS) is 16.1. The summed E-state index contributed by atoms with van der Waals surface area (Å²) in [6, 6.07) is 5.36. The molecule has 0 amide bonds. The van der Waals surface area contributed by atoms with Crippen molar-refractivity contribution < 1.29 is 14.8 Å². The van der Waals surface area contributed by atoms with E-state index >= 15 is 0 Å². The maximum Gasteiger partial charge on any atom is 0.508 e. The number of nitriles is 1. The van der Waals surface area contributed by atoms with E-state index in [9.17, 15) is 0 Å². The Balaban J connectivity index is 2.14. The fraction of sp³-hybridized carbons (Fsp3) is 0.455. The first kappa shape index (κ1) is 12.8. The third-order valence-electron chi connectivity index (χ3n) is 2.87. The first-order chi connectivity index (χ1) is 8.70. The summed E-state index contributed by atoms with van der Waals surface area (Å²) in [6.07, 6.45) is 1.77. The number of nitrogens with one attached hydrogen (secondary N) is 1. The number of ether oxygens (including phenoxy) is 1. The van der Waals surface area contributed by atoms with Gasteiger partial charge < -0.3 is 20.1 Å². The van der Waals surface area contributed by atoms with E-state index in [0.29, 0.717) is 18.9 Å². The lowest BCUT2D eigenvalue weighted by atomic mass is 9.85. The molecule has 18 heavy (non-hydrogen) atoms. The van der Waals surface area contributed by atoms with E-state index in [0.717, 1.165) is 12.8 Å². The largest absolute Gasteiger partial charge is 0.508 e. The maximum absolute atomic E-state index is 9.01. The monoisotopic (exact) mass is 247 g/mol. The minimum absolute atomic E-state index is 0.0732. The number of hydrogen-bond donors (Lipinski definition) is 3. The Bertz CT molecular complexity index is 455. The third kappa shape index (κ3) is 2.98. The molecule has 0 unspecified atom stereocenters. The van der Waals surface area contributed by atoms with Crippen LogP contribution < -0.4 is 10.9 Å². The van der Waals surface area contributed by atoms with E-state index in [4.69, 9.17) is 20.0 Å². The van der Waals surface area contributed by atoms with Gasteiger partial charge in [-0.05, 0) is 25.0 Å². The van der Waals surface area contributed by atoms with Crippen molar-refractivity contribution in [3.8, 4) is 6.07 Å². The van der Waals surface area contributed by atoms with Crippen LogP contribution in [0, 0.1) is 11.3 Å². The molecule has 0 bridgehead atoms. The van der Waals surface area contributed by atoms with Gasteiger partial charge in [-0.3, -0.25) is 0 Å². The molecular formula is C11H14BN3O3. The highest BCUT2D eigenvalue weighted by Crippen LogP contribution is 2.16. The van der Waals surface area contributed by atoms with Crippen LogP contribution in [0.3, 0.4) is 0 Å². The zero-order valence-electron chi connectivity index (χ0n) is 9.83. The second kappa shape index (κ2) is 5.82. The number of rotatable bonds is 3. The van der Waals surface area contributed by atoms with Crippen LogP contribution in [-0.4, -0.2) is 41.4 Å². The van der Waals surface area contributed by atoms with Crippen LogP contribution in [0.25, 0.3) is 0 Å². The Kier molecular flexibility index (Phi) is 4.15. The first-order valence-electron chi connectivity index (χ1n) is 5.82. The van der Waals surface area contributed by atoms with Crippen LogP contribution in [0.15, 0.2) is 12.1 Å². The lowest BCUT2D eigenvalue weighted by Crippen LogP contribution is -2.34. The Labute approximate surface area is 105 Å². The van der Waals surface area contributed by atoms with Crippen molar-refractivity contribution in [1.29, 1.82) is 5.26 Å². The van der Waals surface area contributed by atoms with E-state index in [-0.39, 0.29) is 17.3 Å². The molecule has 1 aliphatic heterocycles. The molecule has 6 nitrogen and oxygen atoms in total. The molecule has 0 spiro atoms. The molecule has 0 radical (unpaired) electrons. The molecule has 1 fully saturated rings. The highest BCUT2D eigenvalue weighted by Gasteiger charge is 2.18. The van der Waals surface area contributed by atoms with Gasteiger partial charge in [0, 0.05) is 19.3 Å². The third-order valence-corrected chi connectivity index (χ3v) is 2.87. The second-order valence-electron chi connectivity index (χ2n) is 4.15. The van der Waals surface area contributed by atoms with Crippen molar-refractivity contribution in [1.82, 2.24) is 4.98 Å². The quantitative estimate of drug-likeness (QED) is 0.606. The van der Waals surface area contributed by atoms with Crippen LogP contribution in [0.4, 0.5) is 5.69 Å². The highest BCUT2D eigenvalue weighted by molar-refractivity contribution is 6.57. The first-order valence-corrected chi connectivity index (χ1v) is 5.82. The Morgan fingerprint density at radius 2 is 2.11 bits per heavy atom. The summed E-state index contributed by atoms with van der Waals surface area (Å²) in [7, 11) is -1.66.